The van der Waals surface area contributed by atoms with E-state index >= 15 is 0 Å². The van der Waals surface area contributed by atoms with Crippen LogP contribution >= 0.6 is 0 Å². The molecule has 86 valence electrons. The van der Waals surface area contributed by atoms with Gasteiger partial charge in [-0.25, -0.2) is 4.39 Å². The SMILES string of the molecule is CC(=O)c1cc(F)ccc1OC1CCCC1. The average Bonchev–Trinajstić information content (AvgIpc) is 2.73. The zero-order valence-corrected chi connectivity index (χ0v) is 9.33. The molecule has 0 aromatic heterocycles. The first-order valence-corrected chi connectivity index (χ1v) is 5.64. The predicted octanol–water partition coefficient (Wildman–Crippen LogP) is 3.35. The van der Waals surface area contributed by atoms with Crippen LogP contribution in [0.2, 0.25) is 0 Å². The highest BCUT2D eigenvalue weighted by Gasteiger charge is 2.19. The minimum atomic E-state index is -0.399. The van der Waals surface area contributed by atoms with Crippen LogP contribution < -0.4 is 4.74 Å². The average molecular weight is 222 g/mol. The number of ketones is 1. The van der Waals surface area contributed by atoms with Gasteiger partial charge in [0.25, 0.3) is 0 Å². The number of hydrogen-bond acceptors (Lipinski definition) is 2. The van der Waals surface area contributed by atoms with Crippen LogP contribution in [-0.2, 0) is 0 Å². The number of Topliss-reactive ketones (excluding diaryl/α,β-unsaturated/α-hetero) is 1. The van der Waals surface area contributed by atoms with E-state index in [4.69, 9.17) is 4.74 Å². The number of carbonyl (C=O) groups is 1. The third-order valence-electron chi connectivity index (χ3n) is 2.92. The van der Waals surface area contributed by atoms with Gasteiger partial charge in [-0.1, -0.05) is 0 Å². The third-order valence-corrected chi connectivity index (χ3v) is 2.92. The van der Waals surface area contributed by atoms with Gasteiger partial charge in [0.2, 0.25) is 0 Å². The number of hydrogen-bond donors (Lipinski definition) is 0. The zero-order chi connectivity index (χ0) is 11.5. The topological polar surface area (TPSA) is 26.3 Å². The molecular weight excluding hydrogens is 207 g/mol. The maximum absolute atomic E-state index is 13.0. The Morgan fingerprint density at radius 3 is 2.69 bits per heavy atom. The number of rotatable bonds is 3. The summed E-state index contributed by atoms with van der Waals surface area (Å²) in [4.78, 5) is 11.3. The highest BCUT2D eigenvalue weighted by Crippen LogP contribution is 2.27. The Kier molecular flexibility index (Phi) is 3.22. The van der Waals surface area contributed by atoms with Crippen LogP contribution in [0.3, 0.4) is 0 Å². The fourth-order valence-electron chi connectivity index (χ4n) is 2.07. The van der Waals surface area contributed by atoms with Crippen molar-refractivity contribution in [1.82, 2.24) is 0 Å². The summed E-state index contributed by atoms with van der Waals surface area (Å²) in [6.45, 7) is 1.43. The second-order valence-corrected chi connectivity index (χ2v) is 4.22. The molecule has 0 N–H and O–H groups in total. The van der Waals surface area contributed by atoms with Crippen LogP contribution in [0.5, 0.6) is 5.75 Å². The summed E-state index contributed by atoms with van der Waals surface area (Å²) in [6, 6.07) is 4.12. The minimum absolute atomic E-state index is 0.160. The molecule has 0 saturated heterocycles. The van der Waals surface area contributed by atoms with Gasteiger partial charge in [-0.3, -0.25) is 4.79 Å². The molecule has 0 heterocycles. The molecule has 1 aliphatic rings. The fourth-order valence-corrected chi connectivity index (χ4v) is 2.07. The summed E-state index contributed by atoms with van der Waals surface area (Å²) < 4.78 is 18.7. The zero-order valence-electron chi connectivity index (χ0n) is 9.33. The van der Waals surface area contributed by atoms with Crippen LogP contribution in [0.25, 0.3) is 0 Å². The van der Waals surface area contributed by atoms with Gasteiger partial charge in [0.1, 0.15) is 11.6 Å². The van der Waals surface area contributed by atoms with E-state index in [-0.39, 0.29) is 11.9 Å². The Morgan fingerprint density at radius 2 is 2.06 bits per heavy atom. The highest BCUT2D eigenvalue weighted by molar-refractivity contribution is 5.96. The number of halogens is 1. The number of benzene rings is 1. The molecule has 1 aliphatic carbocycles. The van der Waals surface area contributed by atoms with Crippen molar-refractivity contribution < 1.29 is 13.9 Å². The van der Waals surface area contributed by atoms with Gasteiger partial charge < -0.3 is 4.74 Å². The van der Waals surface area contributed by atoms with Crippen LogP contribution in [0, 0.1) is 5.82 Å². The number of ether oxygens (including phenoxy) is 1. The van der Waals surface area contributed by atoms with E-state index in [1.807, 2.05) is 0 Å². The molecule has 1 aromatic rings. The lowest BCUT2D eigenvalue weighted by molar-refractivity contribution is 0.101. The highest BCUT2D eigenvalue weighted by atomic mass is 19.1. The van der Waals surface area contributed by atoms with Crippen molar-refractivity contribution in [2.45, 2.75) is 38.7 Å². The van der Waals surface area contributed by atoms with E-state index in [9.17, 15) is 9.18 Å². The van der Waals surface area contributed by atoms with E-state index in [1.165, 1.54) is 31.9 Å². The first-order chi connectivity index (χ1) is 7.66. The predicted molar refractivity (Wildman–Crippen MR) is 59.3 cm³/mol. The monoisotopic (exact) mass is 222 g/mol. The van der Waals surface area contributed by atoms with Crippen LogP contribution in [0.1, 0.15) is 43.0 Å². The Morgan fingerprint density at radius 1 is 1.38 bits per heavy atom. The van der Waals surface area contributed by atoms with E-state index in [0.717, 1.165) is 12.8 Å². The Hall–Kier alpha value is -1.38. The molecule has 2 rings (SSSR count). The maximum Gasteiger partial charge on any atom is 0.163 e. The molecule has 3 heteroatoms. The van der Waals surface area contributed by atoms with Gasteiger partial charge in [0.05, 0.1) is 11.7 Å². The molecule has 1 saturated carbocycles. The summed E-state index contributed by atoms with van der Waals surface area (Å²) in [7, 11) is 0. The Balaban J connectivity index is 2.21. The van der Waals surface area contributed by atoms with Gasteiger partial charge in [-0.05, 0) is 50.8 Å². The molecule has 0 spiro atoms. The third kappa shape index (κ3) is 2.40. The smallest absolute Gasteiger partial charge is 0.163 e. The summed E-state index contributed by atoms with van der Waals surface area (Å²) in [5.41, 5.74) is 0.340. The van der Waals surface area contributed by atoms with Crippen molar-refractivity contribution in [1.29, 1.82) is 0 Å². The van der Waals surface area contributed by atoms with Crippen molar-refractivity contribution in [3.8, 4) is 5.75 Å². The van der Waals surface area contributed by atoms with Gasteiger partial charge in [0, 0.05) is 0 Å². The lowest BCUT2D eigenvalue weighted by Gasteiger charge is -2.15. The van der Waals surface area contributed by atoms with Crippen molar-refractivity contribution in [3.63, 3.8) is 0 Å². The first kappa shape index (κ1) is 11.1. The summed E-state index contributed by atoms with van der Waals surface area (Å²) in [5, 5.41) is 0. The molecule has 2 nitrogen and oxygen atoms in total. The lowest BCUT2D eigenvalue weighted by atomic mass is 10.1. The van der Waals surface area contributed by atoms with Crippen LogP contribution in [-0.4, -0.2) is 11.9 Å². The first-order valence-electron chi connectivity index (χ1n) is 5.64. The molecule has 0 atom stereocenters. The molecule has 0 radical (unpaired) electrons. The largest absolute Gasteiger partial charge is 0.490 e. The molecule has 0 aliphatic heterocycles. The van der Waals surface area contributed by atoms with Crippen molar-refractivity contribution in [2.24, 2.45) is 0 Å². The quantitative estimate of drug-likeness (QED) is 0.733. The van der Waals surface area contributed by atoms with E-state index in [0.29, 0.717) is 11.3 Å². The number of carbonyl (C=O) groups excluding carboxylic acids is 1. The lowest BCUT2D eigenvalue weighted by Crippen LogP contribution is -2.13. The molecule has 16 heavy (non-hydrogen) atoms. The second-order valence-electron chi connectivity index (χ2n) is 4.22. The Labute approximate surface area is 94.4 Å². The van der Waals surface area contributed by atoms with E-state index in [1.54, 1.807) is 6.07 Å². The molecule has 1 fully saturated rings. The van der Waals surface area contributed by atoms with Gasteiger partial charge in [-0.2, -0.15) is 0 Å². The van der Waals surface area contributed by atoms with Crippen LogP contribution in [0.15, 0.2) is 18.2 Å². The van der Waals surface area contributed by atoms with Gasteiger partial charge in [0.15, 0.2) is 5.78 Å². The summed E-state index contributed by atoms with van der Waals surface area (Å²) >= 11 is 0. The fraction of sp³-hybridized carbons (Fsp3) is 0.462. The molecule has 0 amide bonds. The van der Waals surface area contributed by atoms with Crippen molar-refractivity contribution in [3.05, 3.63) is 29.6 Å². The van der Waals surface area contributed by atoms with Gasteiger partial charge >= 0.3 is 0 Å². The van der Waals surface area contributed by atoms with Gasteiger partial charge in [-0.15, -0.1) is 0 Å². The minimum Gasteiger partial charge on any atom is -0.490 e. The Bertz CT molecular complexity index is 395. The normalized spacial score (nSPS) is 16.4. The standard InChI is InChI=1S/C13H15FO2/c1-9(15)12-8-10(14)6-7-13(12)16-11-4-2-3-5-11/h6-8,11H,2-5H2,1H3. The molecular formula is C13H15FO2. The molecule has 0 bridgehead atoms. The second kappa shape index (κ2) is 4.64. The van der Waals surface area contributed by atoms with Crippen molar-refractivity contribution >= 4 is 5.78 Å². The summed E-state index contributed by atoms with van der Waals surface area (Å²) in [6.07, 6.45) is 4.56. The summed E-state index contributed by atoms with van der Waals surface area (Å²) in [5.74, 6) is -0.0442. The van der Waals surface area contributed by atoms with Crippen LogP contribution in [0.4, 0.5) is 4.39 Å². The molecule has 1 aromatic carbocycles. The van der Waals surface area contributed by atoms with Crippen molar-refractivity contribution in [2.75, 3.05) is 0 Å². The van der Waals surface area contributed by atoms with E-state index in [2.05, 4.69) is 0 Å². The molecule has 0 unspecified atom stereocenters. The van der Waals surface area contributed by atoms with E-state index < -0.39 is 5.82 Å². The maximum atomic E-state index is 13.0.